The molecule has 0 saturated carbocycles. The average molecular weight is 346 g/mol. The predicted molar refractivity (Wildman–Crippen MR) is 85.3 cm³/mol. The Bertz CT molecular complexity index is 412. The number of anilines is 1. The monoisotopic (exact) mass is 345 g/mol. The van der Waals surface area contributed by atoms with Crippen LogP contribution in [0.25, 0.3) is 0 Å². The van der Waals surface area contributed by atoms with Crippen molar-refractivity contribution in [2.75, 3.05) is 38.9 Å². The van der Waals surface area contributed by atoms with E-state index in [4.69, 9.17) is 9.47 Å². The van der Waals surface area contributed by atoms with E-state index < -0.39 is 6.10 Å². The molecule has 0 spiro atoms. The Morgan fingerprint density at radius 1 is 1.25 bits per heavy atom. The highest BCUT2D eigenvalue weighted by molar-refractivity contribution is 9.10. The van der Waals surface area contributed by atoms with Gasteiger partial charge in [-0.2, -0.15) is 0 Å². The number of rotatable bonds is 8. The van der Waals surface area contributed by atoms with Gasteiger partial charge in [0.25, 0.3) is 0 Å². The second kappa shape index (κ2) is 8.62. The molecule has 0 saturated heterocycles. The number of hydrogen-bond donors (Lipinski definition) is 1. The van der Waals surface area contributed by atoms with Crippen LogP contribution in [0.1, 0.15) is 25.5 Å². The van der Waals surface area contributed by atoms with Gasteiger partial charge in [-0.1, -0.05) is 15.9 Å². The topological polar surface area (TPSA) is 41.9 Å². The smallest absolute Gasteiger partial charge is 0.0782 e. The van der Waals surface area contributed by atoms with Crippen LogP contribution in [-0.2, 0) is 9.47 Å². The van der Waals surface area contributed by atoms with E-state index in [0.29, 0.717) is 13.2 Å². The number of benzene rings is 1. The number of methoxy groups -OCH3 is 2. The van der Waals surface area contributed by atoms with E-state index in [2.05, 4.69) is 27.8 Å². The van der Waals surface area contributed by atoms with Crippen molar-refractivity contribution >= 4 is 21.6 Å². The molecule has 4 nitrogen and oxygen atoms in total. The fourth-order valence-corrected chi connectivity index (χ4v) is 2.60. The molecule has 0 aromatic heterocycles. The van der Waals surface area contributed by atoms with Crippen LogP contribution in [0.4, 0.5) is 5.69 Å². The minimum Gasteiger partial charge on any atom is -0.389 e. The Hall–Kier alpha value is -0.620. The van der Waals surface area contributed by atoms with Crippen molar-refractivity contribution in [1.82, 2.24) is 0 Å². The largest absolute Gasteiger partial charge is 0.389 e. The molecule has 0 fully saturated rings. The molecule has 0 heterocycles. The average Bonchev–Trinajstić information content (AvgIpc) is 2.40. The summed E-state index contributed by atoms with van der Waals surface area (Å²) in [4.78, 5) is 2.21. The summed E-state index contributed by atoms with van der Waals surface area (Å²) in [5, 5.41) is 10.0. The van der Waals surface area contributed by atoms with Crippen molar-refractivity contribution < 1.29 is 14.6 Å². The van der Waals surface area contributed by atoms with Crippen LogP contribution in [0.15, 0.2) is 22.7 Å². The Morgan fingerprint density at radius 2 is 1.95 bits per heavy atom. The molecule has 0 aliphatic heterocycles. The lowest BCUT2D eigenvalue weighted by atomic mass is 10.1. The Balaban J connectivity index is 3.11. The van der Waals surface area contributed by atoms with Crippen molar-refractivity contribution in [3.8, 4) is 0 Å². The number of nitrogens with zero attached hydrogens (tertiary/aromatic N) is 1. The normalized spacial score (nSPS) is 14.1. The van der Waals surface area contributed by atoms with Gasteiger partial charge in [-0.15, -0.1) is 0 Å². The first kappa shape index (κ1) is 17.4. The highest BCUT2D eigenvalue weighted by Crippen LogP contribution is 2.30. The van der Waals surface area contributed by atoms with Gasteiger partial charge < -0.3 is 19.5 Å². The fraction of sp³-hybridized carbons (Fsp3) is 0.600. The van der Waals surface area contributed by atoms with Gasteiger partial charge in [0.15, 0.2) is 0 Å². The molecule has 0 radical (unpaired) electrons. The zero-order valence-corrected chi connectivity index (χ0v) is 14.2. The van der Waals surface area contributed by atoms with Gasteiger partial charge in [0.2, 0.25) is 0 Å². The highest BCUT2D eigenvalue weighted by Gasteiger charge is 2.19. The third-order valence-corrected chi connectivity index (χ3v) is 3.72. The fourth-order valence-electron chi connectivity index (χ4n) is 2.22. The van der Waals surface area contributed by atoms with Crippen molar-refractivity contribution in [3.05, 3.63) is 28.2 Å². The van der Waals surface area contributed by atoms with E-state index in [-0.39, 0.29) is 6.04 Å². The lowest BCUT2D eigenvalue weighted by Gasteiger charge is -2.33. The summed E-state index contributed by atoms with van der Waals surface area (Å²) < 4.78 is 11.4. The van der Waals surface area contributed by atoms with Gasteiger partial charge in [0.05, 0.1) is 19.3 Å². The molecule has 0 amide bonds. The van der Waals surface area contributed by atoms with Crippen LogP contribution in [0.2, 0.25) is 0 Å². The molecule has 114 valence electrons. The Morgan fingerprint density at radius 3 is 2.50 bits per heavy atom. The summed E-state index contributed by atoms with van der Waals surface area (Å²) in [6.45, 7) is 5.89. The maximum absolute atomic E-state index is 10.0. The van der Waals surface area contributed by atoms with Crippen LogP contribution in [0.3, 0.4) is 0 Å². The van der Waals surface area contributed by atoms with E-state index in [1.165, 1.54) is 0 Å². The zero-order chi connectivity index (χ0) is 15.1. The molecule has 0 aliphatic carbocycles. The van der Waals surface area contributed by atoms with Gasteiger partial charge in [0.1, 0.15) is 0 Å². The maximum Gasteiger partial charge on any atom is 0.0782 e. The summed E-state index contributed by atoms with van der Waals surface area (Å²) in [7, 11) is 3.39. The number of hydrogen-bond acceptors (Lipinski definition) is 4. The predicted octanol–water partition coefficient (Wildman–Crippen LogP) is 2.99. The molecule has 5 heteroatoms. The van der Waals surface area contributed by atoms with Crippen LogP contribution in [0.5, 0.6) is 0 Å². The molecule has 0 bridgehead atoms. The summed E-state index contributed by atoms with van der Waals surface area (Å²) in [6.07, 6.45) is -0.526. The molecular formula is C15H24BrNO3. The quantitative estimate of drug-likeness (QED) is 0.786. The molecule has 2 atom stereocenters. The number of halogens is 1. The van der Waals surface area contributed by atoms with Crippen LogP contribution < -0.4 is 4.90 Å². The van der Waals surface area contributed by atoms with E-state index in [1.807, 2.05) is 18.2 Å². The minimum absolute atomic E-state index is 0.203. The van der Waals surface area contributed by atoms with Crippen molar-refractivity contribution in [2.45, 2.75) is 26.0 Å². The molecular weight excluding hydrogens is 322 g/mol. The zero-order valence-electron chi connectivity index (χ0n) is 12.6. The Kier molecular flexibility index (Phi) is 7.51. The van der Waals surface area contributed by atoms with Crippen LogP contribution >= 0.6 is 15.9 Å². The third kappa shape index (κ3) is 4.74. The maximum atomic E-state index is 10.0. The summed E-state index contributed by atoms with van der Waals surface area (Å²) in [5.41, 5.74) is 1.92. The summed E-state index contributed by atoms with van der Waals surface area (Å²) in [6, 6.07) is 6.17. The van der Waals surface area contributed by atoms with Crippen LogP contribution in [0, 0.1) is 0 Å². The molecule has 1 aromatic carbocycles. The van der Waals surface area contributed by atoms with E-state index in [1.54, 1.807) is 21.1 Å². The molecule has 1 N–H and O–H groups in total. The second-order valence-electron chi connectivity index (χ2n) is 4.87. The molecule has 2 unspecified atom stereocenters. The summed E-state index contributed by atoms with van der Waals surface area (Å²) >= 11 is 3.46. The second-order valence-corrected chi connectivity index (χ2v) is 5.79. The van der Waals surface area contributed by atoms with Gasteiger partial charge in [0, 0.05) is 42.5 Å². The number of aliphatic hydroxyl groups is 1. The third-order valence-electron chi connectivity index (χ3n) is 3.23. The summed E-state index contributed by atoms with van der Waals surface area (Å²) in [5.74, 6) is 0. The van der Waals surface area contributed by atoms with Crippen molar-refractivity contribution in [3.63, 3.8) is 0 Å². The first-order valence-electron chi connectivity index (χ1n) is 6.73. The van der Waals surface area contributed by atoms with Crippen molar-refractivity contribution in [1.29, 1.82) is 0 Å². The van der Waals surface area contributed by atoms with E-state index >= 15 is 0 Å². The SMILES string of the molecule is COCCN(c1ccc(Br)cc1C(C)O)C(C)COC. The van der Waals surface area contributed by atoms with E-state index in [0.717, 1.165) is 22.3 Å². The molecule has 1 aromatic rings. The van der Waals surface area contributed by atoms with Crippen molar-refractivity contribution in [2.24, 2.45) is 0 Å². The van der Waals surface area contributed by atoms with Crippen LogP contribution in [-0.4, -0.2) is 45.1 Å². The van der Waals surface area contributed by atoms with E-state index in [9.17, 15) is 5.11 Å². The lowest BCUT2D eigenvalue weighted by molar-refractivity contribution is 0.169. The minimum atomic E-state index is -0.526. The van der Waals surface area contributed by atoms with Gasteiger partial charge in [-0.3, -0.25) is 0 Å². The first-order chi connectivity index (χ1) is 9.51. The van der Waals surface area contributed by atoms with Gasteiger partial charge >= 0.3 is 0 Å². The highest BCUT2D eigenvalue weighted by atomic mass is 79.9. The standard InChI is InChI=1S/C15H24BrNO3/c1-11(10-20-4)17(7-8-19-3)15-6-5-13(16)9-14(15)12(2)18/h5-6,9,11-12,18H,7-8,10H2,1-4H3. The molecule has 0 aliphatic rings. The van der Waals surface area contributed by atoms with Gasteiger partial charge in [-0.05, 0) is 32.0 Å². The number of aliphatic hydroxyl groups excluding tert-OH is 1. The Labute approximate surface area is 129 Å². The molecule has 1 rings (SSSR count). The first-order valence-corrected chi connectivity index (χ1v) is 7.52. The molecule has 20 heavy (non-hydrogen) atoms. The number of ether oxygens (including phenoxy) is 2. The van der Waals surface area contributed by atoms with Gasteiger partial charge in [-0.25, -0.2) is 0 Å². The lowest BCUT2D eigenvalue weighted by Crippen LogP contribution is -2.39.